The summed E-state index contributed by atoms with van der Waals surface area (Å²) in [5.74, 6) is 0. The van der Waals surface area contributed by atoms with Crippen molar-refractivity contribution in [3.05, 3.63) is 0 Å². The Balaban J connectivity index is 2.33. The van der Waals surface area contributed by atoms with Crippen LogP contribution in [0.2, 0.25) is 0 Å². The van der Waals surface area contributed by atoms with Crippen molar-refractivity contribution in [2.45, 2.75) is 25.8 Å². The van der Waals surface area contributed by atoms with Gasteiger partial charge in [0, 0.05) is 0 Å². The summed E-state index contributed by atoms with van der Waals surface area (Å²) in [6.07, 6.45) is 2.59. The predicted octanol–water partition coefficient (Wildman–Crippen LogP) is 0.933. The minimum Gasteiger partial charge on any atom is -0.702 e. The van der Waals surface area contributed by atoms with E-state index in [1.54, 1.807) is 0 Å². The first-order valence-electron chi connectivity index (χ1n) is 2.74. The molecule has 0 bridgehead atoms. The Morgan fingerprint density at radius 1 is 1.71 bits per heavy atom. The lowest BCUT2D eigenvalue weighted by molar-refractivity contribution is 0.471. The van der Waals surface area contributed by atoms with Crippen LogP contribution in [-0.2, 0) is 12.8 Å². The van der Waals surface area contributed by atoms with Crippen molar-refractivity contribution in [1.29, 1.82) is 0 Å². The Hall–Kier alpha value is 0.310. The molecule has 1 aliphatic heterocycles. The zero-order valence-corrected chi connectivity index (χ0v) is 5.37. The van der Waals surface area contributed by atoms with Crippen LogP contribution in [0.5, 0.6) is 0 Å². The molecule has 7 heavy (non-hydrogen) atoms. The first kappa shape index (κ1) is 5.45. The molecule has 0 radical (unpaired) electrons. The van der Waals surface area contributed by atoms with Gasteiger partial charge in [-0.2, -0.15) is 0 Å². The molecule has 0 aromatic carbocycles. The molecule has 1 aliphatic rings. The lowest BCUT2D eigenvalue weighted by atomic mass is 10.3. The number of nitrogens with zero attached hydrogens (tertiary/aromatic N) is 1. The van der Waals surface area contributed by atoms with Crippen LogP contribution in [-0.4, -0.2) is 16.9 Å². The Bertz CT molecular complexity index is 57.1. The van der Waals surface area contributed by atoms with Crippen molar-refractivity contribution >= 4 is 12.8 Å². The van der Waals surface area contributed by atoms with E-state index >= 15 is 0 Å². The summed E-state index contributed by atoms with van der Waals surface area (Å²) in [7, 11) is 0. The standard InChI is InChI=1S/C5H10NS/c1-5-3-2-4-6(5)7/h5H,2-4H2,1H3/q-1. The third kappa shape index (κ3) is 1.10. The van der Waals surface area contributed by atoms with E-state index in [0.29, 0.717) is 6.04 Å². The molecule has 1 nitrogen and oxygen atoms in total. The Morgan fingerprint density at radius 2 is 2.43 bits per heavy atom. The summed E-state index contributed by atoms with van der Waals surface area (Å²) < 4.78 is 1.99. The third-order valence-electron chi connectivity index (χ3n) is 1.49. The summed E-state index contributed by atoms with van der Waals surface area (Å²) >= 11 is 4.96. The Kier molecular flexibility index (Phi) is 1.60. The highest BCUT2D eigenvalue weighted by molar-refractivity contribution is 7.56. The van der Waals surface area contributed by atoms with Crippen LogP contribution < -0.4 is 0 Å². The summed E-state index contributed by atoms with van der Waals surface area (Å²) in [6, 6.07) is 0.662. The van der Waals surface area contributed by atoms with Gasteiger partial charge in [-0.3, -0.25) is 0 Å². The number of rotatable bonds is 0. The molecule has 0 N–H and O–H groups in total. The van der Waals surface area contributed by atoms with E-state index in [9.17, 15) is 0 Å². The zero-order valence-electron chi connectivity index (χ0n) is 4.55. The topological polar surface area (TPSA) is 3.24 Å². The molecule has 0 saturated carbocycles. The van der Waals surface area contributed by atoms with Gasteiger partial charge in [-0.05, 0) is 25.4 Å². The van der Waals surface area contributed by atoms with Gasteiger partial charge < -0.3 is 17.1 Å². The summed E-state index contributed by atoms with van der Waals surface area (Å²) in [5.41, 5.74) is 0. The van der Waals surface area contributed by atoms with Gasteiger partial charge in [0.1, 0.15) is 0 Å². The third-order valence-corrected chi connectivity index (χ3v) is 2.03. The Morgan fingerprint density at radius 3 is 2.57 bits per heavy atom. The maximum Gasteiger partial charge on any atom is -0.0150 e. The van der Waals surface area contributed by atoms with Crippen molar-refractivity contribution in [2.24, 2.45) is 0 Å². The van der Waals surface area contributed by atoms with Gasteiger partial charge in [0.05, 0.1) is 0 Å². The van der Waals surface area contributed by atoms with Gasteiger partial charge in [-0.1, -0.05) is 6.92 Å². The van der Waals surface area contributed by atoms with E-state index in [1.165, 1.54) is 12.8 Å². The highest BCUT2D eigenvalue weighted by Crippen LogP contribution is 2.13. The van der Waals surface area contributed by atoms with Gasteiger partial charge in [0.2, 0.25) is 0 Å². The van der Waals surface area contributed by atoms with Gasteiger partial charge in [-0.15, -0.1) is 0 Å². The van der Waals surface area contributed by atoms with Crippen LogP contribution in [0.15, 0.2) is 0 Å². The molecule has 1 atom stereocenters. The van der Waals surface area contributed by atoms with Gasteiger partial charge in [0.15, 0.2) is 0 Å². The molecule has 1 rings (SSSR count). The molecule has 1 heterocycles. The lowest BCUT2D eigenvalue weighted by Gasteiger charge is -2.27. The normalized spacial score (nSPS) is 34.3. The fourth-order valence-corrected chi connectivity index (χ4v) is 1.14. The number of hydrogen-bond donors (Lipinski definition) is 0. The van der Waals surface area contributed by atoms with E-state index in [0.717, 1.165) is 6.54 Å². The second kappa shape index (κ2) is 2.05. The second-order valence-corrected chi connectivity index (χ2v) is 2.60. The average Bonchev–Trinajstić information content (AvgIpc) is 1.91. The molecule has 42 valence electrons. The van der Waals surface area contributed by atoms with E-state index in [4.69, 9.17) is 12.8 Å². The van der Waals surface area contributed by atoms with Crippen LogP contribution >= 0.6 is 0 Å². The quantitative estimate of drug-likeness (QED) is 0.433. The van der Waals surface area contributed by atoms with E-state index in [2.05, 4.69) is 6.92 Å². The number of hydrogen-bond acceptors (Lipinski definition) is 2. The molecule has 0 amide bonds. The SMILES string of the molecule is CC1CCCN1[S-]. The first-order valence-corrected chi connectivity index (χ1v) is 3.11. The molecule has 0 aliphatic carbocycles. The van der Waals surface area contributed by atoms with Crippen molar-refractivity contribution in [3.8, 4) is 0 Å². The maximum atomic E-state index is 4.96. The smallest absolute Gasteiger partial charge is 0.0150 e. The van der Waals surface area contributed by atoms with E-state index in [-0.39, 0.29) is 0 Å². The average molecular weight is 116 g/mol. The molecule has 1 unspecified atom stereocenters. The van der Waals surface area contributed by atoms with Gasteiger partial charge in [-0.25, -0.2) is 0 Å². The van der Waals surface area contributed by atoms with Crippen molar-refractivity contribution in [3.63, 3.8) is 0 Å². The molecule has 1 saturated heterocycles. The highest BCUT2D eigenvalue weighted by Gasteiger charge is 2.08. The van der Waals surface area contributed by atoms with E-state index in [1.807, 2.05) is 4.31 Å². The molecule has 0 aromatic heterocycles. The van der Waals surface area contributed by atoms with Crippen LogP contribution in [0.1, 0.15) is 19.8 Å². The van der Waals surface area contributed by atoms with Crippen LogP contribution in [0, 0.1) is 0 Å². The van der Waals surface area contributed by atoms with Crippen LogP contribution in [0.4, 0.5) is 0 Å². The van der Waals surface area contributed by atoms with Crippen molar-refractivity contribution in [2.75, 3.05) is 6.54 Å². The molecule has 1 fully saturated rings. The molecular formula is C5H10NS-. The molecule has 2 heteroatoms. The molecular weight excluding hydrogens is 106 g/mol. The second-order valence-electron chi connectivity index (χ2n) is 2.13. The van der Waals surface area contributed by atoms with Crippen LogP contribution in [0.25, 0.3) is 0 Å². The predicted molar refractivity (Wildman–Crippen MR) is 32.8 cm³/mol. The zero-order chi connectivity index (χ0) is 5.28. The monoisotopic (exact) mass is 116 g/mol. The Labute approximate surface area is 50.2 Å². The lowest BCUT2D eigenvalue weighted by Crippen LogP contribution is -2.18. The summed E-state index contributed by atoms with van der Waals surface area (Å²) in [6.45, 7) is 3.30. The van der Waals surface area contributed by atoms with Crippen molar-refractivity contribution in [1.82, 2.24) is 4.31 Å². The van der Waals surface area contributed by atoms with Gasteiger partial charge in [0.25, 0.3) is 0 Å². The maximum absolute atomic E-state index is 4.96. The minimum absolute atomic E-state index is 0.662. The van der Waals surface area contributed by atoms with Crippen molar-refractivity contribution < 1.29 is 0 Å². The first-order chi connectivity index (χ1) is 3.30. The summed E-state index contributed by atoms with van der Waals surface area (Å²) in [5, 5.41) is 0. The van der Waals surface area contributed by atoms with Gasteiger partial charge >= 0.3 is 0 Å². The summed E-state index contributed by atoms with van der Waals surface area (Å²) in [4.78, 5) is 0. The molecule has 0 aromatic rings. The molecule has 0 spiro atoms. The van der Waals surface area contributed by atoms with Crippen LogP contribution in [0.3, 0.4) is 0 Å². The minimum atomic E-state index is 0.662. The fraction of sp³-hybridized carbons (Fsp3) is 1.00. The highest BCUT2D eigenvalue weighted by atomic mass is 32.1. The van der Waals surface area contributed by atoms with E-state index < -0.39 is 0 Å². The fourth-order valence-electron chi connectivity index (χ4n) is 0.907. The largest absolute Gasteiger partial charge is 0.702 e.